The van der Waals surface area contributed by atoms with Crippen molar-refractivity contribution in [1.29, 1.82) is 0 Å². The van der Waals surface area contributed by atoms with Crippen LogP contribution in [-0.4, -0.2) is 16.5 Å². The third-order valence-corrected chi connectivity index (χ3v) is 8.23. The fraction of sp³-hybridized carbons (Fsp3) is 0.842. The van der Waals surface area contributed by atoms with E-state index in [1.165, 1.54) is 18.4 Å². The van der Waals surface area contributed by atoms with Gasteiger partial charge in [0.1, 0.15) is 0 Å². The van der Waals surface area contributed by atoms with Crippen molar-refractivity contribution in [2.24, 2.45) is 28.6 Å². The summed E-state index contributed by atoms with van der Waals surface area (Å²) >= 11 is 0. The Labute approximate surface area is 128 Å². The molecule has 3 saturated carbocycles. The number of aliphatic hydroxyl groups is 1. The highest BCUT2D eigenvalue weighted by atomic mass is 16.3. The van der Waals surface area contributed by atoms with Crippen LogP contribution >= 0.6 is 0 Å². The fourth-order valence-corrected chi connectivity index (χ4v) is 6.55. The SMILES string of the molecule is C[C@]12CCC(=O)C=C1C[C@@H]1[C@@H]2CC[C@@]2(C)[C@H]1CC[C@]2(C)O. The third kappa shape index (κ3) is 1.60. The smallest absolute Gasteiger partial charge is 0.155 e. The van der Waals surface area contributed by atoms with Crippen LogP contribution in [0.5, 0.6) is 0 Å². The molecule has 0 aromatic carbocycles. The molecule has 1 N–H and O–H groups in total. The lowest BCUT2D eigenvalue weighted by Crippen LogP contribution is -2.49. The molecule has 0 aromatic rings. The van der Waals surface area contributed by atoms with E-state index in [1.54, 1.807) is 0 Å². The predicted octanol–water partition coefficient (Wildman–Crippen LogP) is 3.88. The average molecular weight is 288 g/mol. The van der Waals surface area contributed by atoms with E-state index in [0.29, 0.717) is 17.6 Å². The fourth-order valence-electron chi connectivity index (χ4n) is 6.55. The van der Waals surface area contributed by atoms with Crippen molar-refractivity contribution in [1.82, 2.24) is 0 Å². The Balaban J connectivity index is 1.73. The maximum atomic E-state index is 11.8. The number of carbonyl (C=O) groups excluding carboxylic acids is 1. The molecule has 0 amide bonds. The van der Waals surface area contributed by atoms with Crippen molar-refractivity contribution in [2.45, 2.75) is 71.3 Å². The molecule has 4 aliphatic rings. The van der Waals surface area contributed by atoms with Crippen molar-refractivity contribution in [3.63, 3.8) is 0 Å². The largest absolute Gasteiger partial charge is 0.390 e. The van der Waals surface area contributed by atoms with Gasteiger partial charge in [0.2, 0.25) is 0 Å². The predicted molar refractivity (Wildman–Crippen MR) is 82.7 cm³/mol. The summed E-state index contributed by atoms with van der Waals surface area (Å²) in [6.45, 7) is 6.79. The summed E-state index contributed by atoms with van der Waals surface area (Å²) in [5.41, 5.74) is 1.29. The first-order chi connectivity index (χ1) is 9.78. The topological polar surface area (TPSA) is 37.3 Å². The number of rotatable bonds is 0. The summed E-state index contributed by atoms with van der Waals surface area (Å²) in [4.78, 5) is 11.8. The molecule has 0 bridgehead atoms. The molecule has 0 aliphatic heterocycles. The molecular formula is C19H28O2. The van der Waals surface area contributed by atoms with E-state index in [1.807, 2.05) is 6.08 Å². The molecule has 3 fully saturated rings. The average Bonchev–Trinajstić information content (AvgIpc) is 2.82. The standard InChI is InChI=1S/C19H28O2/c1-17-7-4-13(20)10-12(17)11-14-15(17)5-8-18(2)16(14)6-9-19(18,3)21/h10,14-16,21H,4-9,11H2,1-3H3/t14-,15+,16+,17+,18+,19+/m1/s1. The zero-order chi connectivity index (χ0) is 15.0. The maximum Gasteiger partial charge on any atom is 0.155 e. The minimum atomic E-state index is -0.499. The Morgan fingerprint density at radius 3 is 2.57 bits per heavy atom. The highest BCUT2D eigenvalue weighted by Crippen LogP contribution is 2.69. The number of hydrogen-bond donors (Lipinski definition) is 1. The third-order valence-electron chi connectivity index (χ3n) is 8.23. The van der Waals surface area contributed by atoms with Crippen molar-refractivity contribution < 1.29 is 9.90 Å². The molecule has 0 radical (unpaired) electrons. The lowest BCUT2D eigenvalue weighted by Gasteiger charge is -2.51. The summed E-state index contributed by atoms with van der Waals surface area (Å²) in [5, 5.41) is 10.9. The van der Waals surface area contributed by atoms with Crippen molar-refractivity contribution in [3.8, 4) is 0 Å². The summed E-state index contributed by atoms with van der Waals surface area (Å²) in [6, 6.07) is 0. The second-order valence-corrected chi connectivity index (χ2v) is 8.90. The molecular weight excluding hydrogens is 260 g/mol. The second-order valence-electron chi connectivity index (χ2n) is 8.90. The minimum absolute atomic E-state index is 0.0859. The van der Waals surface area contributed by atoms with Gasteiger partial charge in [-0.2, -0.15) is 0 Å². The lowest BCUT2D eigenvalue weighted by atomic mass is 9.54. The van der Waals surface area contributed by atoms with Crippen LogP contribution in [0.2, 0.25) is 0 Å². The number of carbonyl (C=O) groups is 1. The Kier molecular flexibility index (Phi) is 2.67. The number of ketones is 1. The van der Waals surface area contributed by atoms with Crippen LogP contribution < -0.4 is 0 Å². The van der Waals surface area contributed by atoms with E-state index in [0.717, 1.165) is 38.0 Å². The Hall–Kier alpha value is -0.630. The first-order valence-electron chi connectivity index (χ1n) is 8.74. The molecule has 116 valence electrons. The Morgan fingerprint density at radius 2 is 1.81 bits per heavy atom. The quantitative estimate of drug-likeness (QED) is 0.734. The summed E-state index contributed by atoms with van der Waals surface area (Å²) < 4.78 is 0. The minimum Gasteiger partial charge on any atom is -0.390 e. The van der Waals surface area contributed by atoms with Gasteiger partial charge in [-0.15, -0.1) is 0 Å². The molecule has 4 rings (SSSR count). The van der Waals surface area contributed by atoms with Crippen LogP contribution in [0.1, 0.15) is 65.7 Å². The molecule has 6 atom stereocenters. The second kappa shape index (κ2) is 4.01. The Morgan fingerprint density at radius 1 is 1.10 bits per heavy atom. The maximum absolute atomic E-state index is 11.8. The van der Waals surface area contributed by atoms with E-state index in [2.05, 4.69) is 20.8 Å². The van der Waals surface area contributed by atoms with Crippen LogP contribution in [0.25, 0.3) is 0 Å². The van der Waals surface area contributed by atoms with Gasteiger partial charge in [-0.1, -0.05) is 19.4 Å². The van der Waals surface area contributed by atoms with E-state index in [-0.39, 0.29) is 10.8 Å². The van der Waals surface area contributed by atoms with Crippen LogP contribution in [0.15, 0.2) is 11.6 Å². The first kappa shape index (κ1) is 14.0. The summed E-state index contributed by atoms with van der Waals surface area (Å²) in [5.74, 6) is 2.41. The van der Waals surface area contributed by atoms with Gasteiger partial charge in [-0.3, -0.25) is 4.79 Å². The summed E-state index contributed by atoms with van der Waals surface area (Å²) in [6.07, 6.45) is 9.39. The van der Waals surface area contributed by atoms with E-state index < -0.39 is 5.60 Å². The molecule has 2 heteroatoms. The van der Waals surface area contributed by atoms with Gasteiger partial charge in [0, 0.05) is 6.42 Å². The van der Waals surface area contributed by atoms with Crippen molar-refractivity contribution in [2.75, 3.05) is 0 Å². The Bertz CT molecular complexity index is 532. The van der Waals surface area contributed by atoms with Gasteiger partial charge in [0.25, 0.3) is 0 Å². The molecule has 2 nitrogen and oxygen atoms in total. The van der Waals surface area contributed by atoms with Crippen molar-refractivity contribution in [3.05, 3.63) is 11.6 Å². The van der Waals surface area contributed by atoms with Crippen molar-refractivity contribution >= 4 is 5.78 Å². The zero-order valence-corrected chi connectivity index (χ0v) is 13.6. The molecule has 0 saturated heterocycles. The van der Waals surface area contributed by atoms with E-state index in [4.69, 9.17) is 0 Å². The zero-order valence-electron chi connectivity index (χ0n) is 13.6. The number of hydrogen-bond acceptors (Lipinski definition) is 2. The van der Waals surface area contributed by atoms with Gasteiger partial charge in [-0.25, -0.2) is 0 Å². The summed E-state index contributed by atoms with van der Waals surface area (Å²) in [7, 11) is 0. The highest BCUT2D eigenvalue weighted by molar-refractivity contribution is 5.91. The van der Waals surface area contributed by atoms with Gasteiger partial charge < -0.3 is 5.11 Å². The van der Waals surface area contributed by atoms with Gasteiger partial charge in [0.15, 0.2) is 5.78 Å². The monoisotopic (exact) mass is 288 g/mol. The molecule has 0 aromatic heterocycles. The number of allylic oxidation sites excluding steroid dienone is 2. The van der Waals surface area contributed by atoms with Gasteiger partial charge in [0.05, 0.1) is 5.60 Å². The molecule has 0 heterocycles. The van der Waals surface area contributed by atoms with Gasteiger partial charge in [-0.05, 0) is 80.1 Å². The lowest BCUT2D eigenvalue weighted by molar-refractivity contribution is -0.116. The molecule has 0 unspecified atom stereocenters. The first-order valence-corrected chi connectivity index (χ1v) is 8.74. The van der Waals surface area contributed by atoms with Crippen LogP contribution in [0.4, 0.5) is 0 Å². The van der Waals surface area contributed by atoms with Gasteiger partial charge >= 0.3 is 0 Å². The van der Waals surface area contributed by atoms with Crippen LogP contribution in [0.3, 0.4) is 0 Å². The van der Waals surface area contributed by atoms with Crippen LogP contribution in [0, 0.1) is 28.6 Å². The molecule has 21 heavy (non-hydrogen) atoms. The van der Waals surface area contributed by atoms with E-state index >= 15 is 0 Å². The normalized spacial score (nSPS) is 55.7. The van der Waals surface area contributed by atoms with Crippen LogP contribution in [-0.2, 0) is 4.79 Å². The van der Waals surface area contributed by atoms with E-state index in [9.17, 15) is 9.90 Å². The highest BCUT2D eigenvalue weighted by Gasteiger charge is 2.63. The molecule has 0 spiro atoms. The number of fused-ring (bicyclic) bond motifs is 5. The molecule has 4 aliphatic carbocycles.